The lowest BCUT2D eigenvalue weighted by Gasteiger charge is -2.02. The summed E-state index contributed by atoms with van der Waals surface area (Å²) in [4.78, 5) is 25.2. The Morgan fingerprint density at radius 2 is 2.00 bits per heavy atom. The van der Waals surface area contributed by atoms with Crippen molar-refractivity contribution in [3.63, 3.8) is 0 Å². The molecule has 2 aromatic rings. The van der Waals surface area contributed by atoms with Gasteiger partial charge >= 0.3 is 5.97 Å². The molecule has 0 fully saturated rings. The van der Waals surface area contributed by atoms with Gasteiger partial charge < -0.3 is 10.1 Å². The van der Waals surface area contributed by atoms with Gasteiger partial charge in [0.1, 0.15) is 5.56 Å². The summed E-state index contributed by atoms with van der Waals surface area (Å²) in [5, 5.41) is 9.50. The van der Waals surface area contributed by atoms with Crippen molar-refractivity contribution in [3.05, 3.63) is 44.2 Å². The van der Waals surface area contributed by atoms with Crippen molar-refractivity contribution in [2.24, 2.45) is 0 Å². The third-order valence-corrected chi connectivity index (χ3v) is 2.65. The maximum Gasteiger partial charge on any atom is 0.341 e. The number of aromatic amines is 1. The Morgan fingerprint density at radius 3 is 2.62 bits per heavy atom. The summed E-state index contributed by atoms with van der Waals surface area (Å²) < 4.78 is 0. The van der Waals surface area contributed by atoms with Crippen molar-refractivity contribution in [2.75, 3.05) is 0 Å². The summed E-state index contributed by atoms with van der Waals surface area (Å²) in [7, 11) is 0. The fourth-order valence-corrected chi connectivity index (χ4v) is 1.96. The Kier molecular flexibility index (Phi) is 2.61. The molecule has 0 saturated carbocycles. The molecule has 6 heteroatoms. The number of carboxylic acids is 1. The quantitative estimate of drug-likeness (QED) is 0.825. The maximum atomic E-state index is 11.8. The highest BCUT2D eigenvalue weighted by Crippen LogP contribution is 2.24. The number of carbonyl (C=O) groups is 1. The minimum Gasteiger partial charge on any atom is -0.477 e. The molecule has 0 saturated heterocycles. The van der Waals surface area contributed by atoms with E-state index in [4.69, 9.17) is 28.3 Å². The molecule has 2 rings (SSSR count). The van der Waals surface area contributed by atoms with Gasteiger partial charge in [0.15, 0.2) is 0 Å². The van der Waals surface area contributed by atoms with Crippen molar-refractivity contribution in [1.29, 1.82) is 0 Å². The number of aromatic nitrogens is 1. The van der Waals surface area contributed by atoms with Gasteiger partial charge in [0.25, 0.3) is 0 Å². The number of halogens is 2. The van der Waals surface area contributed by atoms with E-state index in [1.807, 2.05) is 0 Å². The molecule has 1 aromatic heterocycles. The number of aromatic carboxylic acids is 1. The third-order valence-electron chi connectivity index (χ3n) is 2.14. The Balaban J connectivity index is 2.95. The SMILES string of the molecule is O=C(O)c1c[nH]c2c(Cl)cc(Cl)cc2c1=O. The first-order valence-corrected chi connectivity index (χ1v) is 5.00. The van der Waals surface area contributed by atoms with E-state index in [1.165, 1.54) is 12.1 Å². The number of fused-ring (bicyclic) bond motifs is 1. The van der Waals surface area contributed by atoms with E-state index in [0.29, 0.717) is 5.52 Å². The van der Waals surface area contributed by atoms with Crippen LogP contribution in [0.3, 0.4) is 0 Å². The zero-order valence-corrected chi connectivity index (χ0v) is 9.26. The van der Waals surface area contributed by atoms with E-state index in [1.54, 1.807) is 0 Å². The molecule has 0 atom stereocenters. The Labute approximate surface area is 99.4 Å². The van der Waals surface area contributed by atoms with Crippen molar-refractivity contribution in [1.82, 2.24) is 4.98 Å². The molecule has 16 heavy (non-hydrogen) atoms. The van der Waals surface area contributed by atoms with Crippen LogP contribution in [-0.4, -0.2) is 16.1 Å². The molecule has 82 valence electrons. The first-order chi connectivity index (χ1) is 7.50. The molecule has 0 aliphatic carbocycles. The van der Waals surface area contributed by atoms with Gasteiger partial charge in [-0.25, -0.2) is 4.79 Å². The van der Waals surface area contributed by atoms with E-state index < -0.39 is 11.4 Å². The normalized spacial score (nSPS) is 10.6. The lowest BCUT2D eigenvalue weighted by Crippen LogP contribution is -2.15. The highest BCUT2D eigenvalue weighted by atomic mass is 35.5. The van der Waals surface area contributed by atoms with Crippen LogP contribution in [-0.2, 0) is 0 Å². The number of benzene rings is 1. The summed E-state index contributed by atoms with van der Waals surface area (Å²) in [6, 6.07) is 2.86. The van der Waals surface area contributed by atoms with E-state index in [-0.39, 0.29) is 21.0 Å². The van der Waals surface area contributed by atoms with Crippen LogP contribution in [0, 0.1) is 0 Å². The third kappa shape index (κ3) is 1.66. The van der Waals surface area contributed by atoms with Crippen molar-refractivity contribution >= 4 is 40.1 Å². The largest absolute Gasteiger partial charge is 0.477 e. The zero-order valence-electron chi connectivity index (χ0n) is 7.75. The number of H-pyrrole nitrogens is 1. The maximum absolute atomic E-state index is 11.8. The Hall–Kier alpha value is -1.52. The van der Waals surface area contributed by atoms with Crippen molar-refractivity contribution < 1.29 is 9.90 Å². The van der Waals surface area contributed by atoms with Crippen LogP contribution >= 0.6 is 23.2 Å². The van der Waals surface area contributed by atoms with Crippen LogP contribution in [0.25, 0.3) is 10.9 Å². The van der Waals surface area contributed by atoms with Crippen LogP contribution in [0.1, 0.15) is 10.4 Å². The minimum absolute atomic E-state index is 0.164. The standard InChI is InChI=1S/C10H5Cl2NO3/c11-4-1-5-8(7(12)2-4)13-3-6(9(5)14)10(15)16/h1-3H,(H,13,14)(H,15,16). The van der Waals surface area contributed by atoms with Gasteiger partial charge in [0.2, 0.25) is 5.43 Å². The molecule has 0 bridgehead atoms. The number of hydrogen-bond donors (Lipinski definition) is 2. The monoisotopic (exact) mass is 257 g/mol. The number of pyridine rings is 1. The van der Waals surface area contributed by atoms with Gasteiger partial charge in [-0.15, -0.1) is 0 Å². The predicted octanol–water partition coefficient (Wildman–Crippen LogP) is 2.53. The average Bonchev–Trinajstić information content (AvgIpc) is 2.19. The highest BCUT2D eigenvalue weighted by Gasteiger charge is 2.13. The van der Waals surface area contributed by atoms with Gasteiger partial charge in [-0.1, -0.05) is 23.2 Å². The van der Waals surface area contributed by atoms with E-state index in [0.717, 1.165) is 6.20 Å². The van der Waals surface area contributed by atoms with Crippen molar-refractivity contribution in [3.8, 4) is 0 Å². The average molecular weight is 258 g/mol. The van der Waals surface area contributed by atoms with Crippen LogP contribution in [0.15, 0.2) is 23.1 Å². The molecule has 4 nitrogen and oxygen atoms in total. The minimum atomic E-state index is -1.29. The Bertz CT molecular complexity index is 648. The molecule has 0 unspecified atom stereocenters. The van der Waals surface area contributed by atoms with Crippen LogP contribution in [0.4, 0.5) is 0 Å². The molecule has 0 amide bonds. The Morgan fingerprint density at radius 1 is 1.31 bits per heavy atom. The second kappa shape index (κ2) is 3.81. The first kappa shape index (κ1) is 11.0. The topological polar surface area (TPSA) is 70.2 Å². The first-order valence-electron chi connectivity index (χ1n) is 4.24. The number of nitrogens with one attached hydrogen (secondary N) is 1. The molecule has 0 radical (unpaired) electrons. The summed E-state index contributed by atoms with van der Waals surface area (Å²) in [5.74, 6) is -1.29. The second-order valence-electron chi connectivity index (χ2n) is 3.15. The second-order valence-corrected chi connectivity index (χ2v) is 3.99. The lowest BCUT2D eigenvalue weighted by molar-refractivity contribution is 0.0695. The van der Waals surface area contributed by atoms with Crippen LogP contribution in [0.2, 0.25) is 10.0 Å². The fraction of sp³-hybridized carbons (Fsp3) is 0. The zero-order chi connectivity index (χ0) is 11.9. The molecule has 1 aromatic carbocycles. The van der Waals surface area contributed by atoms with Crippen molar-refractivity contribution in [2.45, 2.75) is 0 Å². The molecule has 2 N–H and O–H groups in total. The number of carboxylic acid groups (broad SMARTS) is 1. The fourth-order valence-electron chi connectivity index (χ4n) is 1.41. The van der Waals surface area contributed by atoms with Gasteiger partial charge in [0, 0.05) is 16.6 Å². The van der Waals surface area contributed by atoms with E-state index >= 15 is 0 Å². The molecule has 1 heterocycles. The van der Waals surface area contributed by atoms with Crippen LogP contribution in [0.5, 0.6) is 0 Å². The number of rotatable bonds is 1. The van der Waals surface area contributed by atoms with Gasteiger partial charge in [-0.2, -0.15) is 0 Å². The molecule has 0 aliphatic rings. The molecular formula is C10H5Cl2NO3. The van der Waals surface area contributed by atoms with Crippen LogP contribution < -0.4 is 5.43 Å². The smallest absolute Gasteiger partial charge is 0.341 e. The molecular weight excluding hydrogens is 253 g/mol. The predicted molar refractivity (Wildman–Crippen MR) is 61.5 cm³/mol. The lowest BCUT2D eigenvalue weighted by atomic mass is 10.1. The van der Waals surface area contributed by atoms with E-state index in [9.17, 15) is 9.59 Å². The number of hydrogen-bond acceptors (Lipinski definition) is 2. The summed E-state index contributed by atoms with van der Waals surface area (Å²) in [6.07, 6.45) is 1.12. The van der Waals surface area contributed by atoms with Gasteiger partial charge in [-0.05, 0) is 12.1 Å². The van der Waals surface area contributed by atoms with Gasteiger partial charge in [0.05, 0.1) is 10.5 Å². The molecule has 0 aliphatic heterocycles. The highest BCUT2D eigenvalue weighted by molar-refractivity contribution is 6.38. The molecule has 0 spiro atoms. The van der Waals surface area contributed by atoms with E-state index in [2.05, 4.69) is 4.98 Å². The van der Waals surface area contributed by atoms with Gasteiger partial charge in [-0.3, -0.25) is 4.79 Å². The summed E-state index contributed by atoms with van der Waals surface area (Å²) in [5.41, 5.74) is -0.572. The summed E-state index contributed by atoms with van der Waals surface area (Å²) in [6.45, 7) is 0. The summed E-state index contributed by atoms with van der Waals surface area (Å²) >= 11 is 11.6.